The van der Waals surface area contributed by atoms with Gasteiger partial charge in [0.25, 0.3) is 0 Å². The van der Waals surface area contributed by atoms with Crippen LogP contribution in [0.5, 0.6) is 0 Å². The highest BCUT2D eigenvalue weighted by Crippen LogP contribution is 2.39. The summed E-state index contributed by atoms with van der Waals surface area (Å²) < 4.78 is 0. The molecule has 0 aromatic heterocycles. The molecular weight excluding hydrogens is 252 g/mol. The van der Waals surface area contributed by atoms with E-state index in [4.69, 9.17) is 0 Å². The lowest BCUT2D eigenvalue weighted by atomic mass is 9.69. The molecular formula is C16H34N2S. The zero-order chi connectivity index (χ0) is 14.3. The summed E-state index contributed by atoms with van der Waals surface area (Å²) in [5.74, 6) is 2.15. The molecule has 1 aliphatic carbocycles. The first kappa shape index (κ1) is 17.3. The number of nitrogens with one attached hydrogen (secondary N) is 1. The molecule has 1 N–H and O–H groups in total. The molecule has 2 unspecified atom stereocenters. The van der Waals surface area contributed by atoms with E-state index in [0.29, 0.717) is 11.5 Å². The van der Waals surface area contributed by atoms with Crippen LogP contribution in [0.2, 0.25) is 0 Å². The van der Waals surface area contributed by atoms with Gasteiger partial charge in [0, 0.05) is 31.4 Å². The monoisotopic (exact) mass is 286 g/mol. The highest BCUT2D eigenvalue weighted by molar-refractivity contribution is 7.98. The van der Waals surface area contributed by atoms with Crippen molar-refractivity contribution in [1.82, 2.24) is 10.2 Å². The topological polar surface area (TPSA) is 15.3 Å². The number of rotatable bonds is 8. The smallest absolute Gasteiger partial charge is 0.00694 e. The molecule has 1 rings (SSSR count). The standard InChI is InChI=1S/C16H34N2S/c1-14(2)17-12-16(8-6-7-15(3)11-16)13-18(4)9-10-19-5/h14-15,17H,6-13H2,1-5H3. The molecule has 114 valence electrons. The number of thioether (sulfide) groups is 1. The van der Waals surface area contributed by atoms with E-state index in [9.17, 15) is 0 Å². The molecule has 0 saturated heterocycles. The molecule has 0 spiro atoms. The SMILES string of the molecule is CSCCN(C)CC1(CNC(C)C)CCCC(C)C1. The van der Waals surface area contributed by atoms with Crippen LogP contribution in [0.4, 0.5) is 0 Å². The Morgan fingerprint density at radius 1 is 1.42 bits per heavy atom. The second kappa shape index (κ2) is 8.53. The van der Waals surface area contributed by atoms with E-state index < -0.39 is 0 Å². The van der Waals surface area contributed by atoms with Crippen molar-refractivity contribution in [2.24, 2.45) is 11.3 Å². The molecule has 0 amide bonds. The maximum absolute atomic E-state index is 3.71. The molecule has 3 heteroatoms. The molecule has 2 atom stereocenters. The van der Waals surface area contributed by atoms with Crippen molar-refractivity contribution < 1.29 is 0 Å². The molecule has 0 aliphatic heterocycles. The van der Waals surface area contributed by atoms with Crippen molar-refractivity contribution in [3.63, 3.8) is 0 Å². The normalized spacial score (nSPS) is 28.3. The summed E-state index contributed by atoms with van der Waals surface area (Å²) in [5, 5.41) is 3.71. The number of hydrogen-bond donors (Lipinski definition) is 1. The van der Waals surface area contributed by atoms with Crippen molar-refractivity contribution in [3.8, 4) is 0 Å². The molecule has 1 fully saturated rings. The summed E-state index contributed by atoms with van der Waals surface area (Å²) >= 11 is 1.95. The fourth-order valence-corrected chi connectivity index (χ4v) is 3.94. The minimum absolute atomic E-state index is 0.509. The van der Waals surface area contributed by atoms with Gasteiger partial charge < -0.3 is 10.2 Å². The molecule has 0 bridgehead atoms. The predicted octanol–water partition coefficient (Wildman–Crippen LogP) is 3.48. The van der Waals surface area contributed by atoms with Gasteiger partial charge in [-0.3, -0.25) is 0 Å². The van der Waals surface area contributed by atoms with Gasteiger partial charge in [-0.05, 0) is 37.5 Å². The number of hydrogen-bond acceptors (Lipinski definition) is 3. The van der Waals surface area contributed by atoms with Gasteiger partial charge in [0.1, 0.15) is 0 Å². The summed E-state index contributed by atoms with van der Waals surface area (Å²) in [4.78, 5) is 2.55. The van der Waals surface area contributed by atoms with E-state index in [0.717, 1.165) is 5.92 Å². The molecule has 2 nitrogen and oxygen atoms in total. The maximum Gasteiger partial charge on any atom is 0.00694 e. The fraction of sp³-hybridized carbons (Fsp3) is 1.00. The van der Waals surface area contributed by atoms with Crippen LogP contribution in [0.15, 0.2) is 0 Å². The molecule has 1 aliphatic rings. The first-order valence-corrected chi connectivity index (χ1v) is 9.28. The van der Waals surface area contributed by atoms with E-state index in [1.165, 1.54) is 51.1 Å². The molecule has 1 saturated carbocycles. The first-order valence-electron chi connectivity index (χ1n) is 7.88. The van der Waals surface area contributed by atoms with Gasteiger partial charge in [0.05, 0.1) is 0 Å². The lowest BCUT2D eigenvalue weighted by Crippen LogP contribution is -2.47. The zero-order valence-corrected chi connectivity index (χ0v) is 14.5. The second-order valence-electron chi connectivity index (χ2n) is 6.97. The number of nitrogens with zero attached hydrogens (tertiary/aromatic N) is 1. The Labute approximate surface area is 125 Å². The summed E-state index contributed by atoms with van der Waals surface area (Å²) in [7, 11) is 2.30. The van der Waals surface area contributed by atoms with E-state index >= 15 is 0 Å². The maximum atomic E-state index is 3.71. The van der Waals surface area contributed by atoms with Crippen molar-refractivity contribution in [2.45, 2.75) is 52.5 Å². The van der Waals surface area contributed by atoms with Crippen LogP contribution in [0, 0.1) is 11.3 Å². The van der Waals surface area contributed by atoms with E-state index in [1.54, 1.807) is 0 Å². The van der Waals surface area contributed by atoms with Gasteiger partial charge in [0.15, 0.2) is 0 Å². The van der Waals surface area contributed by atoms with Gasteiger partial charge in [0.2, 0.25) is 0 Å². The first-order chi connectivity index (χ1) is 8.97. The van der Waals surface area contributed by atoms with Gasteiger partial charge in [-0.2, -0.15) is 11.8 Å². The van der Waals surface area contributed by atoms with Crippen LogP contribution < -0.4 is 5.32 Å². The van der Waals surface area contributed by atoms with Crippen molar-refractivity contribution in [2.75, 3.05) is 38.7 Å². The Morgan fingerprint density at radius 3 is 2.74 bits per heavy atom. The predicted molar refractivity (Wildman–Crippen MR) is 89.1 cm³/mol. The second-order valence-corrected chi connectivity index (χ2v) is 7.95. The Morgan fingerprint density at radius 2 is 2.16 bits per heavy atom. The Balaban J connectivity index is 2.57. The summed E-state index contributed by atoms with van der Waals surface area (Å²) in [6, 6.07) is 0.602. The van der Waals surface area contributed by atoms with Crippen molar-refractivity contribution >= 4 is 11.8 Å². The fourth-order valence-electron chi connectivity index (χ4n) is 3.45. The average Bonchev–Trinajstić information content (AvgIpc) is 2.34. The Hall–Kier alpha value is 0.270. The third-order valence-electron chi connectivity index (χ3n) is 4.35. The van der Waals surface area contributed by atoms with E-state index in [2.05, 4.69) is 44.3 Å². The van der Waals surface area contributed by atoms with Gasteiger partial charge in [-0.25, -0.2) is 0 Å². The van der Waals surface area contributed by atoms with Gasteiger partial charge >= 0.3 is 0 Å². The summed E-state index contributed by atoms with van der Waals surface area (Å²) in [6.45, 7) is 10.6. The zero-order valence-electron chi connectivity index (χ0n) is 13.7. The third-order valence-corrected chi connectivity index (χ3v) is 4.94. The van der Waals surface area contributed by atoms with E-state index in [1.807, 2.05) is 11.8 Å². The van der Waals surface area contributed by atoms with E-state index in [-0.39, 0.29) is 0 Å². The van der Waals surface area contributed by atoms with Gasteiger partial charge in [-0.1, -0.05) is 33.6 Å². The minimum atomic E-state index is 0.509. The largest absolute Gasteiger partial charge is 0.314 e. The van der Waals surface area contributed by atoms with Crippen LogP contribution in [0.25, 0.3) is 0 Å². The van der Waals surface area contributed by atoms with Crippen LogP contribution in [-0.2, 0) is 0 Å². The third kappa shape index (κ3) is 6.50. The summed E-state index contributed by atoms with van der Waals surface area (Å²) in [5.41, 5.74) is 0.509. The minimum Gasteiger partial charge on any atom is -0.314 e. The Bertz CT molecular complexity index is 245. The van der Waals surface area contributed by atoms with Gasteiger partial charge in [-0.15, -0.1) is 0 Å². The molecule has 19 heavy (non-hydrogen) atoms. The van der Waals surface area contributed by atoms with Crippen molar-refractivity contribution in [1.29, 1.82) is 0 Å². The lowest BCUT2D eigenvalue weighted by Gasteiger charge is -2.43. The van der Waals surface area contributed by atoms with Crippen LogP contribution in [-0.4, -0.2) is 49.6 Å². The Kier molecular flexibility index (Phi) is 7.78. The highest BCUT2D eigenvalue weighted by atomic mass is 32.2. The lowest BCUT2D eigenvalue weighted by molar-refractivity contribution is 0.0924. The molecule has 0 aromatic carbocycles. The van der Waals surface area contributed by atoms with Crippen molar-refractivity contribution in [3.05, 3.63) is 0 Å². The van der Waals surface area contributed by atoms with Crippen LogP contribution >= 0.6 is 11.8 Å². The average molecular weight is 287 g/mol. The molecule has 0 aromatic rings. The molecule has 0 heterocycles. The highest BCUT2D eigenvalue weighted by Gasteiger charge is 2.35. The quantitative estimate of drug-likeness (QED) is 0.735. The molecule has 0 radical (unpaired) electrons. The van der Waals surface area contributed by atoms with Crippen LogP contribution in [0.3, 0.4) is 0 Å². The van der Waals surface area contributed by atoms with Crippen LogP contribution in [0.1, 0.15) is 46.5 Å². The summed E-state index contributed by atoms with van der Waals surface area (Å²) in [6.07, 6.45) is 7.85.